The lowest BCUT2D eigenvalue weighted by atomic mass is 9.92. The highest BCUT2D eigenvalue weighted by Crippen LogP contribution is 2.36. The third kappa shape index (κ3) is 6.95. The molecule has 1 fully saturated rings. The first-order valence-electron chi connectivity index (χ1n) is 10.4. The van der Waals surface area contributed by atoms with Gasteiger partial charge in [-0.05, 0) is 25.0 Å². The summed E-state index contributed by atoms with van der Waals surface area (Å²) in [6.45, 7) is 0. The van der Waals surface area contributed by atoms with Gasteiger partial charge in [0.05, 0.1) is 0 Å². The number of halogens is 8. The van der Waals surface area contributed by atoms with Crippen LogP contribution in [0.5, 0.6) is 5.75 Å². The van der Waals surface area contributed by atoms with Crippen LogP contribution in [0.2, 0.25) is 0 Å². The first kappa shape index (κ1) is 27.4. The van der Waals surface area contributed by atoms with E-state index in [4.69, 9.17) is 11.6 Å². The Bertz CT molecular complexity index is 1080. The van der Waals surface area contributed by atoms with Gasteiger partial charge in [0.15, 0.2) is 11.6 Å². The number of ether oxygens (including phenoxy) is 1. The zero-order valence-electron chi connectivity index (χ0n) is 18.1. The van der Waals surface area contributed by atoms with E-state index in [-0.39, 0.29) is 18.4 Å². The molecule has 1 aliphatic carbocycles. The molecule has 1 saturated carbocycles. The van der Waals surface area contributed by atoms with Crippen molar-refractivity contribution in [2.45, 2.75) is 55.7 Å². The number of alkyl halides is 7. The Morgan fingerprint density at radius 2 is 1.78 bits per heavy atom. The lowest BCUT2D eigenvalue weighted by Gasteiger charge is -2.34. The maximum absolute atomic E-state index is 14.4. The zero-order valence-corrected chi connectivity index (χ0v) is 18.9. The number of nitrogens with one attached hydrogen (secondary N) is 1. The van der Waals surface area contributed by atoms with E-state index in [0.717, 1.165) is 24.8 Å². The van der Waals surface area contributed by atoms with Gasteiger partial charge in [-0.3, -0.25) is 14.5 Å². The van der Waals surface area contributed by atoms with Crippen LogP contribution in [0.25, 0.3) is 0 Å². The minimum atomic E-state index is -5.22. The smallest absolute Gasteiger partial charge is 0.403 e. The maximum atomic E-state index is 14.4. The van der Waals surface area contributed by atoms with E-state index in [1.54, 1.807) is 0 Å². The Labute approximate surface area is 204 Å². The van der Waals surface area contributed by atoms with Crippen LogP contribution >= 0.6 is 11.6 Å². The number of rotatable bonds is 7. The fourth-order valence-electron chi connectivity index (χ4n) is 3.69. The Morgan fingerprint density at radius 1 is 1.17 bits per heavy atom. The molecule has 0 aliphatic heterocycles. The molecule has 1 N–H and O–H groups in total. The van der Waals surface area contributed by atoms with Crippen molar-refractivity contribution in [1.29, 1.82) is 0 Å². The minimum Gasteiger partial charge on any atom is -0.403 e. The number of carbonyl (C=O) groups is 2. The molecule has 1 heterocycles. The lowest BCUT2D eigenvalue weighted by molar-refractivity contribution is -0.275. The number of anilines is 1. The van der Waals surface area contributed by atoms with Crippen molar-refractivity contribution in [3.63, 3.8) is 0 Å². The Balaban J connectivity index is 2.01. The molecule has 1 aromatic carbocycles. The van der Waals surface area contributed by atoms with Gasteiger partial charge in [-0.25, -0.2) is 27.5 Å². The molecule has 0 radical (unpaired) electrons. The van der Waals surface area contributed by atoms with Crippen molar-refractivity contribution in [2.75, 3.05) is 4.90 Å². The summed E-state index contributed by atoms with van der Waals surface area (Å²) in [5.74, 6) is -8.26. The number of hydrogen-bond donors (Lipinski definition) is 1. The zero-order chi connectivity index (χ0) is 26.7. The standard InChI is InChI=1S/C21H18ClF7N4O3/c22-17(24)19(35)33(13-1-2-15(14(23)7-13)36-21(27,28)29)16(11-8-30-10-31-9-11)18(34)32-12-3-5-20(25,26)6-4-12/h1-2,7-10,12,16-17H,3-6H2,(H,32,34)/t16-,17+/m1/s1. The maximum Gasteiger partial charge on any atom is 0.573 e. The second kappa shape index (κ2) is 10.8. The van der Waals surface area contributed by atoms with Gasteiger partial charge < -0.3 is 10.1 Å². The predicted molar refractivity (Wildman–Crippen MR) is 111 cm³/mol. The molecule has 7 nitrogen and oxygen atoms in total. The highest BCUT2D eigenvalue weighted by molar-refractivity contribution is 6.32. The van der Waals surface area contributed by atoms with Crippen molar-refractivity contribution in [2.24, 2.45) is 0 Å². The quantitative estimate of drug-likeness (QED) is 0.401. The number of benzene rings is 1. The van der Waals surface area contributed by atoms with Gasteiger partial charge in [-0.2, -0.15) is 0 Å². The number of aromatic nitrogens is 2. The molecule has 1 aliphatic rings. The van der Waals surface area contributed by atoms with Crippen LogP contribution < -0.4 is 15.0 Å². The van der Waals surface area contributed by atoms with Gasteiger partial charge in [0.1, 0.15) is 12.4 Å². The summed E-state index contributed by atoms with van der Waals surface area (Å²) < 4.78 is 96.5. The molecule has 2 amide bonds. The lowest BCUT2D eigenvalue weighted by Crippen LogP contribution is -2.49. The van der Waals surface area contributed by atoms with Gasteiger partial charge in [-0.1, -0.05) is 11.6 Å². The Hall–Kier alpha value is -3.16. The van der Waals surface area contributed by atoms with E-state index < -0.39 is 71.9 Å². The highest BCUT2D eigenvalue weighted by atomic mass is 35.5. The third-order valence-electron chi connectivity index (χ3n) is 5.31. The van der Waals surface area contributed by atoms with Crippen LogP contribution in [0.3, 0.4) is 0 Å². The Morgan fingerprint density at radius 3 is 2.31 bits per heavy atom. The van der Waals surface area contributed by atoms with E-state index in [1.807, 2.05) is 0 Å². The summed E-state index contributed by atoms with van der Waals surface area (Å²) in [7, 11) is 0. The summed E-state index contributed by atoms with van der Waals surface area (Å²) >= 11 is 5.32. The number of carbonyl (C=O) groups excluding carboxylic acids is 2. The first-order chi connectivity index (χ1) is 16.8. The summed E-state index contributed by atoms with van der Waals surface area (Å²) in [5, 5.41) is 2.50. The molecule has 36 heavy (non-hydrogen) atoms. The second-order valence-corrected chi connectivity index (χ2v) is 8.27. The predicted octanol–water partition coefficient (Wildman–Crippen LogP) is 4.82. The van der Waals surface area contributed by atoms with Crippen LogP contribution in [-0.4, -0.2) is 45.7 Å². The molecule has 0 unspecified atom stereocenters. The average molecular weight is 543 g/mol. The molecular formula is C21H18ClF7N4O3. The monoisotopic (exact) mass is 542 g/mol. The molecule has 0 bridgehead atoms. The third-order valence-corrected chi connectivity index (χ3v) is 5.50. The molecule has 196 valence electrons. The van der Waals surface area contributed by atoms with Gasteiger partial charge in [0, 0.05) is 48.6 Å². The van der Waals surface area contributed by atoms with Crippen molar-refractivity contribution >= 4 is 29.1 Å². The summed E-state index contributed by atoms with van der Waals surface area (Å²) in [4.78, 5) is 33.9. The molecule has 0 saturated heterocycles. The van der Waals surface area contributed by atoms with Crippen LogP contribution in [0.1, 0.15) is 37.3 Å². The second-order valence-electron chi connectivity index (χ2n) is 7.88. The first-order valence-corrected chi connectivity index (χ1v) is 10.8. The van der Waals surface area contributed by atoms with Crippen LogP contribution in [0.4, 0.5) is 36.4 Å². The van der Waals surface area contributed by atoms with Gasteiger partial charge in [0.2, 0.25) is 11.8 Å². The average Bonchev–Trinajstić information content (AvgIpc) is 2.79. The number of hydrogen-bond acceptors (Lipinski definition) is 5. The van der Waals surface area contributed by atoms with Crippen LogP contribution in [-0.2, 0) is 9.59 Å². The SMILES string of the molecule is O=C(NC1CCC(F)(F)CC1)[C@@H](c1cncnc1)N(C(=O)[C@H](F)Cl)c1ccc(OC(F)(F)F)c(F)c1. The van der Waals surface area contributed by atoms with Crippen LogP contribution in [0, 0.1) is 5.82 Å². The van der Waals surface area contributed by atoms with Gasteiger partial charge in [0.25, 0.3) is 11.5 Å². The topological polar surface area (TPSA) is 84.4 Å². The van der Waals surface area contributed by atoms with E-state index in [0.29, 0.717) is 17.0 Å². The van der Waals surface area contributed by atoms with Crippen molar-refractivity contribution in [3.8, 4) is 5.75 Å². The molecule has 1 aromatic heterocycles. The van der Waals surface area contributed by atoms with E-state index in [9.17, 15) is 40.3 Å². The van der Waals surface area contributed by atoms with Gasteiger partial charge in [-0.15, -0.1) is 13.2 Å². The van der Waals surface area contributed by atoms with Crippen LogP contribution in [0.15, 0.2) is 36.9 Å². The largest absolute Gasteiger partial charge is 0.573 e. The molecule has 2 aromatic rings. The van der Waals surface area contributed by atoms with E-state index in [1.165, 1.54) is 0 Å². The molecule has 15 heteroatoms. The molecule has 2 atom stereocenters. The van der Waals surface area contributed by atoms with Crippen molar-refractivity contribution in [1.82, 2.24) is 15.3 Å². The van der Waals surface area contributed by atoms with E-state index in [2.05, 4.69) is 20.0 Å². The number of nitrogens with zero attached hydrogens (tertiary/aromatic N) is 3. The molecule has 0 spiro atoms. The fraction of sp³-hybridized carbons (Fsp3) is 0.429. The fourth-order valence-corrected chi connectivity index (χ4v) is 3.80. The van der Waals surface area contributed by atoms with Crippen molar-refractivity contribution < 1.29 is 45.1 Å². The summed E-state index contributed by atoms with van der Waals surface area (Å²) in [5.41, 5.74) is -3.39. The van der Waals surface area contributed by atoms with Gasteiger partial charge >= 0.3 is 6.36 Å². The Kier molecular flexibility index (Phi) is 8.26. The molecular weight excluding hydrogens is 525 g/mol. The highest BCUT2D eigenvalue weighted by Gasteiger charge is 2.40. The van der Waals surface area contributed by atoms with E-state index >= 15 is 0 Å². The summed E-state index contributed by atoms with van der Waals surface area (Å²) in [6.07, 6.45) is -3.15. The summed E-state index contributed by atoms with van der Waals surface area (Å²) in [6, 6.07) is -0.778. The minimum absolute atomic E-state index is 0.0932. The van der Waals surface area contributed by atoms with Crippen molar-refractivity contribution in [3.05, 3.63) is 48.3 Å². The molecule has 3 rings (SSSR count). The normalized spacial score (nSPS) is 17.7. The number of amides is 2.